The lowest BCUT2D eigenvalue weighted by molar-refractivity contribution is 0.0825. The van der Waals surface area contributed by atoms with Gasteiger partial charge in [-0.3, -0.25) is 4.90 Å². The molecular formula is C16H31N3. The van der Waals surface area contributed by atoms with Gasteiger partial charge in [0.2, 0.25) is 0 Å². The Bertz CT molecular complexity index is 302. The molecule has 0 aromatic carbocycles. The summed E-state index contributed by atoms with van der Waals surface area (Å²) in [7, 11) is 0. The molecule has 0 amide bonds. The Morgan fingerprint density at radius 1 is 1.16 bits per heavy atom. The van der Waals surface area contributed by atoms with Crippen molar-refractivity contribution >= 4 is 0 Å². The van der Waals surface area contributed by atoms with Gasteiger partial charge in [0.05, 0.1) is 0 Å². The van der Waals surface area contributed by atoms with Gasteiger partial charge >= 0.3 is 0 Å². The van der Waals surface area contributed by atoms with Crippen molar-refractivity contribution < 1.29 is 0 Å². The molecule has 3 rings (SSSR count). The van der Waals surface area contributed by atoms with Gasteiger partial charge in [-0.2, -0.15) is 0 Å². The van der Waals surface area contributed by atoms with Gasteiger partial charge in [-0.05, 0) is 71.1 Å². The summed E-state index contributed by atoms with van der Waals surface area (Å²) in [4.78, 5) is 5.46. The minimum Gasteiger partial charge on any atom is -0.310 e. The van der Waals surface area contributed by atoms with Gasteiger partial charge in [0.25, 0.3) is 0 Å². The zero-order valence-electron chi connectivity index (χ0n) is 12.8. The van der Waals surface area contributed by atoms with E-state index in [0.29, 0.717) is 5.54 Å². The first-order valence-corrected chi connectivity index (χ1v) is 8.43. The van der Waals surface area contributed by atoms with E-state index < -0.39 is 0 Å². The number of piperidine rings is 1. The van der Waals surface area contributed by atoms with Crippen molar-refractivity contribution in [1.29, 1.82) is 0 Å². The maximum absolute atomic E-state index is 3.86. The molecule has 3 nitrogen and oxygen atoms in total. The topological polar surface area (TPSA) is 18.5 Å². The molecule has 0 spiro atoms. The second-order valence-electron chi connectivity index (χ2n) is 7.13. The van der Waals surface area contributed by atoms with E-state index in [0.717, 1.165) is 12.0 Å². The summed E-state index contributed by atoms with van der Waals surface area (Å²) in [6, 6.07) is 0.812. The van der Waals surface area contributed by atoms with Crippen LogP contribution in [0.2, 0.25) is 0 Å². The van der Waals surface area contributed by atoms with Crippen molar-refractivity contribution in [3.63, 3.8) is 0 Å². The lowest BCUT2D eigenvalue weighted by Gasteiger charge is -2.42. The van der Waals surface area contributed by atoms with E-state index in [2.05, 4.69) is 29.0 Å². The third-order valence-corrected chi connectivity index (χ3v) is 5.61. The molecule has 2 atom stereocenters. The lowest BCUT2D eigenvalue weighted by Crippen LogP contribution is -2.55. The van der Waals surface area contributed by atoms with Gasteiger partial charge < -0.3 is 10.2 Å². The number of nitrogens with zero attached hydrogens (tertiary/aromatic N) is 2. The Morgan fingerprint density at radius 2 is 2.00 bits per heavy atom. The van der Waals surface area contributed by atoms with Gasteiger partial charge in [-0.1, -0.05) is 6.92 Å². The molecule has 1 N–H and O–H groups in total. The van der Waals surface area contributed by atoms with Crippen LogP contribution >= 0.6 is 0 Å². The highest BCUT2D eigenvalue weighted by Gasteiger charge is 2.44. The number of nitrogens with one attached hydrogen (secondary N) is 1. The van der Waals surface area contributed by atoms with Crippen LogP contribution in [0.4, 0.5) is 0 Å². The quantitative estimate of drug-likeness (QED) is 0.841. The smallest absolute Gasteiger partial charge is 0.0308 e. The first-order valence-electron chi connectivity index (χ1n) is 8.43. The summed E-state index contributed by atoms with van der Waals surface area (Å²) in [6.45, 7) is 12.4. The highest BCUT2D eigenvalue weighted by atomic mass is 15.3. The number of likely N-dealkylation sites (N-methyl/N-ethyl adjacent to an activating group) is 1. The second-order valence-corrected chi connectivity index (χ2v) is 7.13. The maximum atomic E-state index is 3.86. The number of rotatable bonds is 3. The van der Waals surface area contributed by atoms with Gasteiger partial charge in [0.1, 0.15) is 0 Å². The second kappa shape index (κ2) is 5.71. The zero-order valence-corrected chi connectivity index (χ0v) is 12.8. The molecule has 2 heterocycles. The summed E-state index contributed by atoms with van der Waals surface area (Å²) < 4.78 is 0. The average Bonchev–Trinajstić information content (AvgIpc) is 3.26. The molecule has 3 aliphatic rings. The molecule has 3 fully saturated rings. The van der Waals surface area contributed by atoms with E-state index in [1.165, 1.54) is 71.4 Å². The number of hydrogen-bond donors (Lipinski definition) is 1. The van der Waals surface area contributed by atoms with Crippen LogP contribution in [0, 0.1) is 5.92 Å². The Kier molecular flexibility index (Phi) is 4.16. The standard InChI is InChI=1S/C16H31N3/c1-3-18-10-4-6-15(12-18)19-11-5-9-17-16(2,13-19)14-7-8-14/h14-15,17H,3-13H2,1-2H3. The Balaban J connectivity index is 1.65. The SMILES string of the molecule is CCN1CCCC(N2CCCNC(C)(C3CC3)C2)C1. The molecule has 2 unspecified atom stereocenters. The first-order chi connectivity index (χ1) is 9.21. The molecule has 110 valence electrons. The van der Waals surface area contributed by atoms with Crippen LogP contribution in [0.5, 0.6) is 0 Å². The third kappa shape index (κ3) is 3.14. The Labute approximate surface area is 118 Å². The normalized spacial score (nSPS) is 39.2. The third-order valence-electron chi connectivity index (χ3n) is 5.61. The van der Waals surface area contributed by atoms with Crippen molar-refractivity contribution in [2.75, 3.05) is 39.3 Å². The predicted octanol–water partition coefficient (Wildman–Crippen LogP) is 1.93. The van der Waals surface area contributed by atoms with Crippen LogP contribution in [0.25, 0.3) is 0 Å². The van der Waals surface area contributed by atoms with Crippen molar-refractivity contribution in [3.05, 3.63) is 0 Å². The minimum atomic E-state index is 0.394. The predicted molar refractivity (Wildman–Crippen MR) is 80.5 cm³/mol. The molecule has 0 aromatic rings. The molecular weight excluding hydrogens is 234 g/mol. The molecule has 3 heteroatoms. The summed E-state index contributed by atoms with van der Waals surface area (Å²) in [5, 5.41) is 3.86. The van der Waals surface area contributed by atoms with Crippen molar-refractivity contribution in [1.82, 2.24) is 15.1 Å². The van der Waals surface area contributed by atoms with Crippen LogP contribution in [0.1, 0.15) is 46.0 Å². The fourth-order valence-electron chi connectivity index (χ4n) is 4.13. The molecule has 1 aliphatic carbocycles. The number of likely N-dealkylation sites (tertiary alicyclic amines) is 1. The van der Waals surface area contributed by atoms with Crippen LogP contribution in [0.15, 0.2) is 0 Å². The summed E-state index contributed by atoms with van der Waals surface area (Å²) in [6.07, 6.45) is 7.02. The van der Waals surface area contributed by atoms with E-state index in [4.69, 9.17) is 0 Å². The van der Waals surface area contributed by atoms with Crippen LogP contribution < -0.4 is 5.32 Å². The minimum absolute atomic E-state index is 0.394. The van der Waals surface area contributed by atoms with E-state index in [9.17, 15) is 0 Å². The van der Waals surface area contributed by atoms with E-state index >= 15 is 0 Å². The highest BCUT2D eigenvalue weighted by Crippen LogP contribution is 2.41. The first kappa shape index (κ1) is 13.8. The van der Waals surface area contributed by atoms with Crippen molar-refractivity contribution in [2.45, 2.75) is 57.5 Å². The van der Waals surface area contributed by atoms with Gasteiger partial charge in [0, 0.05) is 24.7 Å². The van der Waals surface area contributed by atoms with E-state index in [-0.39, 0.29) is 0 Å². The summed E-state index contributed by atoms with van der Waals surface area (Å²) >= 11 is 0. The van der Waals surface area contributed by atoms with Gasteiger partial charge in [0.15, 0.2) is 0 Å². The molecule has 1 saturated carbocycles. The molecule has 19 heavy (non-hydrogen) atoms. The molecule has 0 aromatic heterocycles. The summed E-state index contributed by atoms with van der Waals surface area (Å²) in [5.41, 5.74) is 0.394. The largest absolute Gasteiger partial charge is 0.310 e. The summed E-state index contributed by atoms with van der Waals surface area (Å²) in [5.74, 6) is 0.943. The van der Waals surface area contributed by atoms with Gasteiger partial charge in [-0.25, -0.2) is 0 Å². The highest BCUT2D eigenvalue weighted by molar-refractivity contribution is 5.02. The average molecular weight is 265 g/mol. The fraction of sp³-hybridized carbons (Fsp3) is 1.00. The Hall–Kier alpha value is -0.120. The van der Waals surface area contributed by atoms with E-state index in [1.807, 2.05) is 0 Å². The maximum Gasteiger partial charge on any atom is 0.0308 e. The zero-order chi connectivity index (χ0) is 13.3. The fourth-order valence-corrected chi connectivity index (χ4v) is 4.13. The van der Waals surface area contributed by atoms with E-state index in [1.54, 1.807) is 0 Å². The number of hydrogen-bond acceptors (Lipinski definition) is 3. The van der Waals surface area contributed by atoms with Crippen molar-refractivity contribution in [2.24, 2.45) is 5.92 Å². The van der Waals surface area contributed by atoms with Crippen LogP contribution in [-0.4, -0.2) is 60.6 Å². The molecule has 0 radical (unpaired) electrons. The molecule has 2 saturated heterocycles. The monoisotopic (exact) mass is 265 g/mol. The molecule has 2 aliphatic heterocycles. The van der Waals surface area contributed by atoms with Gasteiger partial charge in [-0.15, -0.1) is 0 Å². The molecule has 0 bridgehead atoms. The Morgan fingerprint density at radius 3 is 2.74 bits per heavy atom. The lowest BCUT2D eigenvalue weighted by atomic mass is 9.93. The van der Waals surface area contributed by atoms with Crippen molar-refractivity contribution in [3.8, 4) is 0 Å². The van der Waals surface area contributed by atoms with Crippen LogP contribution in [-0.2, 0) is 0 Å². The van der Waals surface area contributed by atoms with Crippen LogP contribution in [0.3, 0.4) is 0 Å².